The molecule has 0 bridgehead atoms. The lowest BCUT2D eigenvalue weighted by atomic mass is 9.98. The van der Waals surface area contributed by atoms with E-state index in [9.17, 15) is 9.59 Å². The van der Waals surface area contributed by atoms with Gasteiger partial charge in [0, 0.05) is 23.2 Å². The van der Waals surface area contributed by atoms with E-state index in [1.165, 1.54) is 11.0 Å². The largest absolute Gasteiger partial charge is 0.353 e. The van der Waals surface area contributed by atoms with Crippen LogP contribution in [0.3, 0.4) is 0 Å². The number of tetrazole rings is 1. The minimum atomic E-state index is -0.219. The van der Waals surface area contributed by atoms with E-state index in [-0.39, 0.29) is 30.1 Å². The van der Waals surface area contributed by atoms with Gasteiger partial charge in [0.2, 0.25) is 5.95 Å². The molecule has 1 atom stereocenters. The highest BCUT2D eigenvalue weighted by atomic mass is 35.5. The van der Waals surface area contributed by atoms with Crippen molar-refractivity contribution in [2.45, 2.75) is 45.8 Å². The number of nitrogens with zero attached hydrogens (tertiary/aromatic N) is 7. The van der Waals surface area contributed by atoms with Crippen molar-refractivity contribution in [2.24, 2.45) is 0 Å². The predicted octanol–water partition coefficient (Wildman–Crippen LogP) is 3.92. The van der Waals surface area contributed by atoms with Crippen molar-refractivity contribution in [3.63, 3.8) is 0 Å². The van der Waals surface area contributed by atoms with Crippen LogP contribution in [0.2, 0.25) is 10.0 Å². The second kappa shape index (κ2) is 9.95. The molecule has 12 heteroatoms. The van der Waals surface area contributed by atoms with Gasteiger partial charge in [-0.2, -0.15) is 0 Å². The molecule has 3 heterocycles. The number of carbonyl (C=O) groups is 1. The molecule has 5 rings (SSSR count). The number of hydrogen-bond acceptors (Lipinski definition) is 7. The molecule has 37 heavy (non-hydrogen) atoms. The summed E-state index contributed by atoms with van der Waals surface area (Å²) in [6, 6.07) is 11.9. The third-order valence-electron chi connectivity index (χ3n) is 6.18. The van der Waals surface area contributed by atoms with Gasteiger partial charge in [-0.3, -0.25) is 9.59 Å². The Morgan fingerprint density at radius 1 is 1.08 bits per heavy atom. The minimum absolute atomic E-state index is 0.0214. The maximum absolute atomic E-state index is 13.8. The fourth-order valence-electron chi connectivity index (χ4n) is 4.35. The Kier molecular flexibility index (Phi) is 6.70. The van der Waals surface area contributed by atoms with E-state index in [0.717, 1.165) is 5.69 Å². The number of rotatable bonds is 5. The van der Waals surface area contributed by atoms with Crippen molar-refractivity contribution in [3.05, 3.63) is 86.0 Å². The number of amides is 1. The van der Waals surface area contributed by atoms with E-state index >= 15 is 0 Å². The van der Waals surface area contributed by atoms with Gasteiger partial charge in [-0.1, -0.05) is 23.2 Å². The van der Waals surface area contributed by atoms with Gasteiger partial charge in [0.25, 0.3) is 11.5 Å². The molecule has 1 aliphatic rings. The first-order valence-electron chi connectivity index (χ1n) is 11.7. The molecule has 0 unspecified atom stereocenters. The van der Waals surface area contributed by atoms with Gasteiger partial charge in [-0.25, -0.2) is 14.2 Å². The summed E-state index contributed by atoms with van der Waals surface area (Å²) in [5, 5.41) is 15.2. The van der Waals surface area contributed by atoms with Crippen molar-refractivity contribution in [1.29, 1.82) is 0 Å². The number of carbonyl (C=O) groups excluding carboxylic acids is 1. The quantitative estimate of drug-likeness (QED) is 0.409. The zero-order chi connectivity index (χ0) is 26.3. The molecule has 0 saturated carbocycles. The van der Waals surface area contributed by atoms with Crippen molar-refractivity contribution in [3.8, 4) is 11.4 Å². The van der Waals surface area contributed by atoms with Gasteiger partial charge in [-0.05, 0) is 80.1 Å². The summed E-state index contributed by atoms with van der Waals surface area (Å²) in [5.74, 6) is 0.213. The lowest BCUT2D eigenvalue weighted by molar-refractivity contribution is 0.0653. The Balaban J connectivity index is 1.54. The van der Waals surface area contributed by atoms with E-state index in [1.807, 2.05) is 45.0 Å². The molecular weight excluding hydrogens is 515 g/mol. The van der Waals surface area contributed by atoms with E-state index in [1.54, 1.807) is 27.7 Å². The summed E-state index contributed by atoms with van der Waals surface area (Å²) in [4.78, 5) is 33.7. The van der Waals surface area contributed by atoms with Crippen molar-refractivity contribution >= 4 is 35.1 Å². The van der Waals surface area contributed by atoms with Crippen LogP contribution in [-0.2, 0) is 13.0 Å². The fraction of sp³-hybridized carbons (Fsp3) is 0.280. The van der Waals surface area contributed by atoms with Gasteiger partial charge in [-0.15, -0.1) is 5.10 Å². The summed E-state index contributed by atoms with van der Waals surface area (Å²) in [6.45, 7) is 6.07. The van der Waals surface area contributed by atoms with Gasteiger partial charge in [0.1, 0.15) is 6.33 Å². The Labute approximate surface area is 222 Å². The highest BCUT2D eigenvalue weighted by molar-refractivity contribution is 6.42. The van der Waals surface area contributed by atoms with Crippen LogP contribution in [0.5, 0.6) is 0 Å². The summed E-state index contributed by atoms with van der Waals surface area (Å²) < 4.78 is 3.11. The molecule has 1 aliphatic heterocycles. The van der Waals surface area contributed by atoms with Gasteiger partial charge < -0.3 is 10.2 Å². The molecule has 0 saturated heterocycles. The van der Waals surface area contributed by atoms with Crippen LogP contribution in [0.25, 0.3) is 11.4 Å². The molecule has 2 aromatic carbocycles. The summed E-state index contributed by atoms with van der Waals surface area (Å²) >= 11 is 12.2. The van der Waals surface area contributed by atoms with Crippen molar-refractivity contribution < 1.29 is 4.79 Å². The predicted molar refractivity (Wildman–Crippen MR) is 141 cm³/mol. The zero-order valence-corrected chi connectivity index (χ0v) is 21.9. The normalized spacial score (nSPS) is 15.1. The number of fused-ring (bicyclic) bond motifs is 1. The average molecular weight is 539 g/mol. The molecule has 0 radical (unpaired) electrons. The molecule has 1 N–H and O–H groups in total. The third kappa shape index (κ3) is 4.82. The fourth-order valence-corrected chi connectivity index (χ4v) is 4.65. The first kappa shape index (κ1) is 24.9. The van der Waals surface area contributed by atoms with Crippen molar-refractivity contribution in [2.75, 3.05) is 5.32 Å². The molecule has 0 aliphatic carbocycles. The molecule has 0 fully saturated rings. The minimum Gasteiger partial charge on any atom is -0.353 e. The number of nitrogens with one attached hydrogen (secondary N) is 1. The molecule has 4 aromatic rings. The lowest BCUT2D eigenvalue weighted by Crippen LogP contribution is -2.46. The standard InChI is InChI=1S/C25H24Cl2N8O2/c1-14(2)29-25-30-22-12-33(23(36)16-4-9-20(26)21(27)11-16)15(3)10-19(22)24(37)35(25)18-7-5-17(6-8-18)34-13-28-31-32-34/h4-9,11,13-15H,10,12H2,1-3H3,(H,29,30)/t15-/m1/s1. The topological polar surface area (TPSA) is 111 Å². The van der Waals surface area contributed by atoms with E-state index in [4.69, 9.17) is 28.2 Å². The lowest BCUT2D eigenvalue weighted by Gasteiger charge is -2.34. The maximum atomic E-state index is 13.8. The van der Waals surface area contributed by atoms with E-state index in [0.29, 0.717) is 44.9 Å². The van der Waals surface area contributed by atoms with Crippen LogP contribution in [0, 0.1) is 0 Å². The summed E-state index contributed by atoms with van der Waals surface area (Å²) in [7, 11) is 0. The smallest absolute Gasteiger partial charge is 0.263 e. The third-order valence-corrected chi connectivity index (χ3v) is 6.92. The molecule has 1 amide bonds. The first-order valence-corrected chi connectivity index (χ1v) is 12.5. The molecule has 10 nitrogen and oxygen atoms in total. The highest BCUT2D eigenvalue weighted by Crippen LogP contribution is 2.27. The maximum Gasteiger partial charge on any atom is 0.263 e. The number of aromatic nitrogens is 6. The highest BCUT2D eigenvalue weighted by Gasteiger charge is 2.32. The molecule has 2 aromatic heterocycles. The number of anilines is 1. The van der Waals surface area contributed by atoms with Crippen molar-refractivity contribution in [1.82, 2.24) is 34.7 Å². The van der Waals surface area contributed by atoms with Crippen LogP contribution < -0.4 is 10.9 Å². The van der Waals surface area contributed by atoms with E-state index in [2.05, 4.69) is 20.8 Å². The van der Waals surface area contributed by atoms with Gasteiger partial charge >= 0.3 is 0 Å². The Bertz CT molecular complexity index is 1520. The monoisotopic (exact) mass is 538 g/mol. The second-order valence-electron chi connectivity index (χ2n) is 9.19. The molecule has 0 spiro atoms. The SMILES string of the molecule is CC(C)Nc1nc2c(c(=O)n1-c1ccc(-n3cnnn3)cc1)C[C@@H](C)N(C(=O)c1ccc(Cl)c(Cl)c1)C2. The number of benzene rings is 2. The molecule has 190 valence electrons. The van der Waals surface area contributed by atoms with Crippen LogP contribution in [0.4, 0.5) is 5.95 Å². The average Bonchev–Trinajstić information content (AvgIpc) is 3.41. The van der Waals surface area contributed by atoms with Crippen LogP contribution in [0.1, 0.15) is 42.4 Å². The second-order valence-corrected chi connectivity index (χ2v) is 10.0. The summed E-state index contributed by atoms with van der Waals surface area (Å²) in [5.41, 5.74) is 2.84. The number of hydrogen-bond donors (Lipinski definition) is 1. The Morgan fingerprint density at radius 2 is 1.81 bits per heavy atom. The zero-order valence-electron chi connectivity index (χ0n) is 20.4. The van der Waals surface area contributed by atoms with E-state index < -0.39 is 0 Å². The first-order chi connectivity index (χ1) is 17.7. The van der Waals surface area contributed by atoms with Crippen LogP contribution in [0.15, 0.2) is 53.6 Å². The summed E-state index contributed by atoms with van der Waals surface area (Å²) in [6.07, 6.45) is 1.87. The van der Waals surface area contributed by atoms with Gasteiger partial charge in [0.15, 0.2) is 0 Å². The van der Waals surface area contributed by atoms with Crippen LogP contribution in [-0.4, -0.2) is 52.6 Å². The molecular formula is C25H24Cl2N8O2. The Hall–Kier alpha value is -3.76. The number of halogens is 2. The Morgan fingerprint density at radius 3 is 2.46 bits per heavy atom. The van der Waals surface area contributed by atoms with Gasteiger partial charge in [0.05, 0.1) is 33.7 Å². The van der Waals surface area contributed by atoms with Crippen LogP contribution >= 0.6 is 23.2 Å².